The smallest absolute Gasteiger partial charge is 0.191 e. The van der Waals surface area contributed by atoms with Crippen LogP contribution in [0.1, 0.15) is 49.9 Å². The van der Waals surface area contributed by atoms with Gasteiger partial charge >= 0.3 is 0 Å². The summed E-state index contributed by atoms with van der Waals surface area (Å²) in [5, 5.41) is 8.23. The summed E-state index contributed by atoms with van der Waals surface area (Å²) >= 11 is 1.81. The molecule has 2 N–H and O–H groups in total. The molecule has 3 rings (SSSR count). The van der Waals surface area contributed by atoms with Gasteiger partial charge in [0.15, 0.2) is 5.96 Å². The molecule has 2 heterocycles. The van der Waals surface area contributed by atoms with Gasteiger partial charge in [0.05, 0.1) is 5.01 Å². The molecule has 2 atom stereocenters. The van der Waals surface area contributed by atoms with E-state index in [0.717, 1.165) is 44.5 Å². The highest BCUT2D eigenvalue weighted by molar-refractivity contribution is 14.0. The molecule has 25 heavy (non-hydrogen) atoms. The number of aliphatic imine (C=N–C) groups is 1. The van der Waals surface area contributed by atoms with Crippen molar-refractivity contribution < 1.29 is 0 Å². The lowest BCUT2D eigenvalue weighted by atomic mass is 10.2. The first-order valence-electron chi connectivity index (χ1n) is 9.43. The Bertz CT molecular complexity index is 557. The van der Waals surface area contributed by atoms with Crippen molar-refractivity contribution in [3.05, 3.63) is 16.1 Å². The third-order valence-corrected chi connectivity index (χ3v) is 6.07. The van der Waals surface area contributed by atoms with Crippen molar-refractivity contribution in [2.45, 2.75) is 71.0 Å². The number of thiazole rings is 1. The third kappa shape index (κ3) is 6.06. The van der Waals surface area contributed by atoms with Gasteiger partial charge in [0, 0.05) is 55.3 Å². The number of nitrogens with one attached hydrogen (secondary N) is 2. The van der Waals surface area contributed by atoms with Crippen LogP contribution < -0.4 is 10.6 Å². The van der Waals surface area contributed by atoms with Gasteiger partial charge in [-0.1, -0.05) is 6.92 Å². The van der Waals surface area contributed by atoms with Crippen LogP contribution >= 0.6 is 35.3 Å². The molecule has 0 radical (unpaired) electrons. The second-order valence-electron chi connectivity index (χ2n) is 6.94. The van der Waals surface area contributed by atoms with Crippen molar-refractivity contribution in [1.82, 2.24) is 20.5 Å². The second-order valence-corrected chi connectivity index (χ2v) is 8.14. The van der Waals surface area contributed by atoms with Crippen LogP contribution in [0.2, 0.25) is 0 Å². The largest absolute Gasteiger partial charge is 0.357 e. The minimum Gasteiger partial charge on any atom is -0.357 e. The van der Waals surface area contributed by atoms with Crippen molar-refractivity contribution in [1.29, 1.82) is 0 Å². The Hall–Kier alpha value is -0.410. The summed E-state index contributed by atoms with van der Waals surface area (Å²) in [6.07, 6.45) is 7.99. The summed E-state index contributed by atoms with van der Waals surface area (Å²) in [6, 6.07) is 2.06. The predicted octanol–water partition coefficient (Wildman–Crippen LogP) is 3.05. The van der Waals surface area contributed by atoms with E-state index in [1.807, 2.05) is 17.5 Å². The zero-order chi connectivity index (χ0) is 16.9. The maximum absolute atomic E-state index is 4.76. The fourth-order valence-electron chi connectivity index (χ4n) is 3.48. The van der Waals surface area contributed by atoms with Crippen LogP contribution in [0.5, 0.6) is 0 Å². The van der Waals surface area contributed by atoms with Gasteiger partial charge in [-0.3, -0.25) is 9.89 Å². The molecule has 7 heteroatoms. The first-order chi connectivity index (χ1) is 11.7. The first-order valence-corrected chi connectivity index (χ1v) is 10.2. The number of nitrogens with zero attached hydrogens (tertiary/aromatic N) is 3. The summed E-state index contributed by atoms with van der Waals surface area (Å²) in [4.78, 5) is 13.3. The fourth-order valence-corrected chi connectivity index (χ4v) is 4.33. The van der Waals surface area contributed by atoms with Crippen molar-refractivity contribution >= 4 is 41.3 Å². The highest BCUT2D eigenvalue weighted by Crippen LogP contribution is 2.33. The van der Waals surface area contributed by atoms with E-state index in [2.05, 4.69) is 41.3 Å². The van der Waals surface area contributed by atoms with E-state index in [-0.39, 0.29) is 24.0 Å². The molecular formula is C18H32IN5S. The van der Waals surface area contributed by atoms with E-state index in [4.69, 9.17) is 4.99 Å². The molecule has 2 aliphatic rings. The van der Waals surface area contributed by atoms with Gasteiger partial charge in [0.1, 0.15) is 0 Å². The van der Waals surface area contributed by atoms with Gasteiger partial charge < -0.3 is 10.6 Å². The number of hydrogen-bond acceptors (Lipinski definition) is 4. The van der Waals surface area contributed by atoms with Gasteiger partial charge in [-0.25, -0.2) is 4.98 Å². The third-order valence-electron chi connectivity index (χ3n) is 4.87. The topological polar surface area (TPSA) is 52.6 Å². The molecule has 1 saturated carbocycles. The zero-order valence-electron chi connectivity index (χ0n) is 15.6. The Labute approximate surface area is 173 Å². The van der Waals surface area contributed by atoms with Gasteiger partial charge in [0.25, 0.3) is 0 Å². The molecule has 0 aromatic carbocycles. The Morgan fingerprint density at radius 2 is 2.20 bits per heavy atom. The van der Waals surface area contributed by atoms with Crippen LogP contribution in [-0.4, -0.2) is 53.6 Å². The van der Waals surface area contributed by atoms with E-state index < -0.39 is 0 Å². The summed E-state index contributed by atoms with van der Waals surface area (Å²) in [5.41, 5.74) is 0. The highest BCUT2D eigenvalue weighted by Gasteiger charge is 2.38. The van der Waals surface area contributed by atoms with Crippen LogP contribution in [-0.2, 0) is 12.8 Å². The maximum Gasteiger partial charge on any atom is 0.191 e. The number of halogens is 1. The highest BCUT2D eigenvalue weighted by atomic mass is 127. The van der Waals surface area contributed by atoms with Gasteiger partial charge in [-0.15, -0.1) is 35.3 Å². The molecule has 1 saturated heterocycles. The summed E-state index contributed by atoms with van der Waals surface area (Å²) in [7, 11) is 0. The Balaban J connectivity index is 0.00000225. The number of rotatable bonds is 7. The number of aryl methyl sites for hydroxylation is 1. The molecule has 0 bridgehead atoms. The van der Waals surface area contributed by atoms with E-state index in [1.54, 1.807) is 0 Å². The van der Waals surface area contributed by atoms with Gasteiger partial charge in [-0.05, 0) is 39.5 Å². The van der Waals surface area contributed by atoms with E-state index in [1.165, 1.54) is 29.1 Å². The summed E-state index contributed by atoms with van der Waals surface area (Å²) < 4.78 is 0. The quantitative estimate of drug-likeness (QED) is 0.360. The molecule has 1 aromatic rings. The summed E-state index contributed by atoms with van der Waals surface area (Å²) in [5.74, 6) is 0.958. The van der Waals surface area contributed by atoms with Crippen molar-refractivity contribution in [3.8, 4) is 0 Å². The molecular weight excluding hydrogens is 445 g/mol. The number of likely N-dealkylation sites (tertiary alicyclic amines) is 1. The lowest BCUT2D eigenvalue weighted by molar-refractivity contribution is 0.256. The van der Waals surface area contributed by atoms with Crippen molar-refractivity contribution in [3.63, 3.8) is 0 Å². The lowest BCUT2D eigenvalue weighted by Crippen LogP contribution is -2.44. The normalized spacial score (nSPS) is 24.2. The average molecular weight is 477 g/mol. The lowest BCUT2D eigenvalue weighted by Gasteiger charge is -2.20. The van der Waals surface area contributed by atoms with Crippen LogP contribution in [0, 0.1) is 0 Å². The molecule has 2 unspecified atom stereocenters. The minimum atomic E-state index is 0. The fraction of sp³-hybridized carbons (Fsp3) is 0.778. The number of hydrogen-bond donors (Lipinski definition) is 2. The van der Waals surface area contributed by atoms with E-state index in [9.17, 15) is 0 Å². The minimum absolute atomic E-state index is 0. The van der Waals surface area contributed by atoms with Gasteiger partial charge in [-0.2, -0.15) is 0 Å². The Kier molecular flexibility index (Phi) is 8.41. The van der Waals surface area contributed by atoms with Gasteiger partial charge in [0.2, 0.25) is 0 Å². The van der Waals surface area contributed by atoms with Crippen LogP contribution in [0.3, 0.4) is 0 Å². The molecule has 2 fully saturated rings. The van der Waals surface area contributed by atoms with Crippen molar-refractivity contribution in [2.75, 3.05) is 19.6 Å². The number of aromatic nitrogens is 1. The van der Waals surface area contributed by atoms with Crippen LogP contribution in [0.15, 0.2) is 11.2 Å². The molecule has 1 aliphatic carbocycles. The molecule has 5 nitrogen and oxygen atoms in total. The SMILES string of the molecule is CCNC(=NCCc1ncc(CC)s1)NC1CC(C)N(C2CC2)C1.I. The molecule has 0 amide bonds. The molecule has 0 spiro atoms. The Morgan fingerprint density at radius 1 is 1.40 bits per heavy atom. The zero-order valence-corrected chi connectivity index (χ0v) is 18.8. The second kappa shape index (κ2) is 10.1. The maximum atomic E-state index is 4.76. The monoisotopic (exact) mass is 477 g/mol. The van der Waals surface area contributed by atoms with E-state index in [0.29, 0.717) is 12.1 Å². The number of guanidine groups is 1. The predicted molar refractivity (Wildman–Crippen MR) is 117 cm³/mol. The van der Waals surface area contributed by atoms with Crippen LogP contribution in [0.4, 0.5) is 0 Å². The average Bonchev–Trinajstić information content (AvgIpc) is 3.19. The summed E-state index contributed by atoms with van der Waals surface area (Å²) in [6.45, 7) is 9.51. The molecule has 1 aliphatic heterocycles. The first kappa shape index (κ1) is 20.9. The molecule has 1 aromatic heterocycles. The standard InChI is InChI=1S/C18H31N5S.HI/c1-4-16-11-21-17(24-16)8-9-20-18(19-5-2)22-14-10-13(3)23(12-14)15-6-7-15;/h11,13-15H,4-10,12H2,1-3H3,(H2,19,20,22);1H. The molecule has 142 valence electrons. The Morgan fingerprint density at radius 3 is 2.84 bits per heavy atom. The van der Waals surface area contributed by atoms with Crippen molar-refractivity contribution in [2.24, 2.45) is 4.99 Å². The van der Waals surface area contributed by atoms with Crippen LogP contribution in [0.25, 0.3) is 0 Å². The van der Waals surface area contributed by atoms with E-state index >= 15 is 0 Å².